The second-order valence-corrected chi connectivity index (χ2v) is 2.94. The normalized spacial score (nSPS) is 9.00. The third kappa shape index (κ3) is 3.31. The van der Waals surface area contributed by atoms with Crippen molar-refractivity contribution >= 4 is 5.91 Å². The van der Waals surface area contributed by atoms with E-state index in [9.17, 15) is 4.79 Å². The molecule has 0 unspecified atom stereocenters. The summed E-state index contributed by atoms with van der Waals surface area (Å²) in [5.74, 6) is 5.91. The van der Waals surface area contributed by atoms with Gasteiger partial charge in [0.05, 0.1) is 11.8 Å². The molecule has 0 aliphatic rings. The molecule has 0 aliphatic carbocycles. The van der Waals surface area contributed by atoms with Crippen LogP contribution in [0.5, 0.6) is 0 Å². The Morgan fingerprint density at radius 2 is 2.50 bits per heavy atom. The van der Waals surface area contributed by atoms with Crippen molar-refractivity contribution in [2.45, 2.75) is 20.3 Å². The summed E-state index contributed by atoms with van der Waals surface area (Å²) in [6.07, 6.45) is 2.35. The molecular formula is C10H13N3O. The molecule has 1 rings (SSSR count). The topological polar surface area (TPSA) is 57.8 Å². The number of hydrogen-bond donors (Lipinski definition) is 2. The number of aryl methyl sites for hydroxylation is 1. The van der Waals surface area contributed by atoms with Crippen molar-refractivity contribution in [1.29, 1.82) is 0 Å². The van der Waals surface area contributed by atoms with Gasteiger partial charge in [-0.3, -0.25) is 9.89 Å². The average molecular weight is 191 g/mol. The maximum Gasteiger partial charge on any atom is 0.216 e. The number of nitrogens with one attached hydrogen (secondary N) is 2. The average Bonchev–Trinajstić information content (AvgIpc) is 2.51. The maximum absolute atomic E-state index is 10.5. The zero-order chi connectivity index (χ0) is 10.4. The van der Waals surface area contributed by atoms with Crippen molar-refractivity contribution < 1.29 is 4.79 Å². The van der Waals surface area contributed by atoms with E-state index in [2.05, 4.69) is 27.4 Å². The summed E-state index contributed by atoms with van der Waals surface area (Å²) in [6.45, 7) is 4.01. The molecule has 0 aliphatic heterocycles. The van der Waals surface area contributed by atoms with E-state index in [1.807, 2.05) is 6.92 Å². The van der Waals surface area contributed by atoms with Gasteiger partial charge in [-0.1, -0.05) is 11.8 Å². The molecule has 2 N–H and O–H groups in total. The van der Waals surface area contributed by atoms with E-state index in [-0.39, 0.29) is 5.91 Å². The van der Waals surface area contributed by atoms with Gasteiger partial charge in [-0.05, 0) is 6.92 Å². The highest BCUT2D eigenvalue weighted by Gasteiger charge is 1.93. The lowest BCUT2D eigenvalue weighted by Gasteiger charge is -1.94. The standard InChI is InChI=1S/C10H13N3O/c1-8-10(7-12-13-8)5-3-4-6-11-9(2)14/h7H,4,6H2,1-2H3,(H,11,14)(H,12,13). The van der Waals surface area contributed by atoms with Gasteiger partial charge in [-0.25, -0.2) is 0 Å². The molecule has 0 saturated heterocycles. The first-order chi connectivity index (χ1) is 6.70. The summed E-state index contributed by atoms with van der Waals surface area (Å²) >= 11 is 0. The van der Waals surface area contributed by atoms with Gasteiger partial charge in [0.15, 0.2) is 0 Å². The van der Waals surface area contributed by atoms with Crippen LogP contribution in [-0.2, 0) is 4.79 Å². The predicted octanol–water partition coefficient (Wildman–Crippen LogP) is 0.596. The van der Waals surface area contributed by atoms with Crippen LogP contribution in [0.25, 0.3) is 0 Å². The van der Waals surface area contributed by atoms with E-state index in [1.165, 1.54) is 6.92 Å². The van der Waals surface area contributed by atoms with Crippen molar-refractivity contribution in [2.75, 3.05) is 6.54 Å². The van der Waals surface area contributed by atoms with E-state index in [1.54, 1.807) is 6.20 Å². The number of hydrogen-bond acceptors (Lipinski definition) is 2. The highest BCUT2D eigenvalue weighted by atomic mass is 16.1. The monoisotopic (exact) mass is 191 g/mol. The minimum atomic E-state index is -0.0220. The van der Waals surface area contributed by atoms with Gasteiger partial charge in [0.25, 0.3) is 0 Å². The van der Waals surface area contributed by atoms with Crippen LogP contribution in [0.2, 0.25) is 0 Å². The number of H-pyrrole nitrogens is 1. The summed E-state index contributed by atoms with van der Waals surface area (Å²) in [7, 11) is 0. The fourth-order valence-electron chi connectivity index (χ4n) is 0.935. The Balaban J connectivity index is 2.34. The minimum Gasteiger partial charge on any atom is -0.355 e. The van der Waals surface area contributed by atoms with Crippen LogP contribution in [-0.4, -0.2) is 22.6 Å². The molecule has 0 saturated carbocycles. The van der Waals surface area contributed by atoms with Gasteiger partial charge >= 0.3 is 0 Å². The summed E-state index contributed by atoms with van der Waals surface area (Å²) in [4.78, 5) is 10.5. The Labute approximate surface area is 83.1 Å². The molecule has 4 nitrogen and oxygen atoms in total. The molecule has 1 heterocycles. The van der Waals surface area contributed by atoms with Crippen molar-refractivity contribution in [1.82, 2.24) is 15.5 Å². The first-order valence-corrected chi connectivity index (χ1v) is 4.43. The molecule has 0 spiro atoms. The highest BCUT2D eigenvalue weighted by molar-refractivity contribution is 5.72. The van der Waals surface area contributed by atoms with Crippen LogP contribution in [0, 0.1) is 18.8 Å². The fraction of sp³-hybridized carbons (Fsp3) is 0.400. The molecule has 4 heteroatoms. The molecule has 0 aromatic carbocycles. The third-order valence-corrected chi connectivity index (χ3v) is 1.68. The molecule has 1 amide bonds. The number of aromatic amines is 1. The van der Waals surface area contributed by atoms with Gasteiger partial charge in [0.1, 0.15) is 0 Å². The second-order valence-electron chi connectivity index (χ2n) is 2.94. The van der Waals surface area contributed by atoms with Crippen molar-refractivity contribution in [3.63, 3.8) is 0 Å². The molecule has 1 aromatic rings. The number of rotatable bonds is 2. The number of amides is 1. The lowest BCUT2D eigenvalue weighted by Crippen LogP contribution is -2.20. The number of nitrogens with zero attached hydrogens (tertiary/aromatic N) is 1. The van der Waals surface area contributed by atoms with Crippen molar-refractivity contribution in [3.05, 3.63) is 17.5 Å². The Morgan fingerprint density at radius 3 is 3.07 bits per heavy atom. The molecule has 0 bridgehead atoms. The van der Waals surface area contributed by atoms with Crippen LogP contribution in [0.15, 0.2) is 6.20 Å². The Kier molecular flexibility index (Phi) is 3.74. The van der Waals surface area contributed by atoms with Crippen LogP contribution in [0.1, 0.15) is 24.6 Å². The van der Waals surface area contributed by atoms with Crippen LogP contribution in [0.4, 0.5) is 0 Å². The zero-order valence-corrected chi connectivity index (χ0v) is 8.35. The molecule has 74 valence electrons. The summed E-state index contributed by atoms with van der Waals surface area (Å²) < 4.78 is 0. The largest absolute Gasteiger partial charge is 0.355 e. The minimum absolute atomic E-state index is 0.0220. The van der Waals surface area contributed by atoms with E-state index < -0.39 is 0 Å². The molecule has 0 atom stereocenters. The van der Waals surface area contributed by atoms with Crippen LogP contribution < -0.4 is 5.32 Å². The van der Waals surface area contributed by atoms with Crippen molar-refractivity contribution in [2.24, 2.45) is 0 Å². The van der Waals surface area contributed by atoms with Crippen LogP contribution >= 0.6 is 0 Å². The van der Waals surface area contributed by atoms with Gasteiger partial charge in [0, 0.05) is 25.6 Å². The van der Waals surface area contributed by atoms with E-state index in [0.717, 1.165) is 11.3 Å². The molecule has 0 fully saturated rings. The van der Waals surface area contributed by atoms with Gasteiger partial charge < -0.3 is 5.32 Å². The summed E-state index contributed by atoms with van der Waals surface area (Å²) in [6, 6.07) is 0. The van der Waals surface area contributed by atoms with E-state index >= 15 is 0 Å². The quantitative estimate of drug-likeness (QED) is 0.531. The number of aromatic nitrogens is 2. The van der Waals surface area contributed by atoms with Crippen molar-refractivity contribution in [3.8, 4) is 11.8 Å². The zero-order valence-electron chi connectivity index (χ0n) is 8.35. The van der Waals surface area contributed by atoms with Gasteiger partial charge in [-0.2, -0.15) is 5.10 Å². The SMILES string of the molecule is CC(=O)NCCC#Cc1cn[nH]c1C. The van der Waals surface area contributed by atoms with Gasteiger partial charge in [0.2, 0.25) is 5.91 Å². The first-order valence-electron chi connectivity index (χ1n) is 4.43. The number of carbonyl (C=O) groups excluding carboxylic acids is 1. The highest BCUT2D eigenvalue weighted by Crippen LogP contribution is 1.98. The van der Waals surface area contributed by atoms with Crippen LogP contribution in [0.3, 0.4) is 0 Å². The first kappa shape index (κ1) is 10.3. The smallest absolute Gasteiger partial charge is 0.216 e. The second kappa shape index (κ2) is 5.07. The van der Waals surface area contributed by atoms with Gasteiger partial charge in [-0.15, -0.1) is 0 Å². The lowest BCUT2D eigenvalue weighted by molar-refractivity contribution is -0.118. The Hall–Kier alpha value is -1.76. The molecular weight excluding hydrogens is 178 g/mol. The van der Waals surface area contributed by atoms with E-state index in [0.29, 0.717) is 13.0 Å². The summed E-state index contributed by atoms with van der Waals surface area (Å²) in [5, 5.41) is 9.33. The number of carbonyl (C=O) groups is 1. The molecule has 0 radical (unpaired) electrons. The third-order valence-electron chi connectivity index (χ3n) is 1.68. The van der Waals surface area contributed by atoms with E-state index in [4.69, 9.17) is 0 Å². The predicted molar refractivity (Wildman–Crippen MR) is 53.5 cm³/mol. The fourth-order valence-corrected chi connectivity index (χ4v) is 0.935. The maximum atomic E-state index is 10.5. The molecule has 1 aromatic heterocycles. The Morgan fingerprint density at radius 1 is 1.71 bits per heavy atom. The Bertz CT molecular complexity index is 370. The lowest BCUT2D eigenvalue weighted by atomic mass is 10.2. The summed E-state index contributed by atoms with van der Waals surface area (Å²) in [5.41, 5.74) is 1.88. The molecule has 14 heavy (non-hydrogen) atoms.